The molecule has 166 valence electrons. The predicted molar refractivity (Wildman–Crippen MR) is 130 cm³/mol. The lowest BCUT2D eigenvalue weighted by atomic mass is 10.1. The van der Waals surface area contributed by atoms with E-state index in [1.165, 1.54) is 42.8 Å². The molecule has 0 spiro atoms. The zero-order valence-corrected chi connectivity index (χ0v) is 19.4. The van der Waals surface area contributed by atoms with Crippen LogP contribution >= 0.6 is 11.3 Å². The molecule has 0 bridgehead atoms. The first-order chi connectivity index (χ1) is 15.6. The second-order valence-corrected chi connectivity index (χ2v) is 9.70. The quantitative estimate of drug-likeness (QED) is 0.607. The molecule has 2 fully saturated rings. The SMILES string of the molecule is Cc1cc(N2CCC(N3CCCC3C)C2)ccc1NC(=O)c1csc(-c2ccncc2)n1. The van der Waals surface area contributed by atoms with Crippen LogP contribution in [0.2, 0.25) is 0 Å². The lowest BCUT2D eigenvalue weighted by Gasteiger charge is -2.28. The van der Waals surface area contributed by atoms with Crippen molar-refractivity contribution in [2.75, 3.05) is 29.9 Å². The first kappa shape index (κ1) is 21.1. The van der Waals surface area contributed by atoms with Crippen molar-refractivity contribution in [3.8, 4) is 10.6 Å². The predicted octanol–water partition coefficient (Wildman–Crippen LogP) is 4.83. The fourth-order valence-corrected chi connectivity index (χ4v) is 5.73. The van der Waals surface area contributed by atoms with Gasteiger partial charge in [-0.3, -0.25) is 14.7 Å². The Morgan fingerprint density at radius 2 is 2.00 bits per heavy atom. The number of likely N-dealkylation sites (tertiary alicyclic amines) is 1. The maximum absolute atomic E-state index is 12.8. The third kappa shape index (κ3) is 4.27. The Balaban J connectivity index is 1.24. The van der Waals surface area contributed by atoms with Gasteiger partial charge >= 0.3 is 0 Å². The number of nitrogens with zero attached hydrogens (tertiary/aromatic N) is 4. The topological polar surface area (TPSA) is 61.4 Å². The summed E-state index contributed by atoms with van der Waals surface area (Å²) in [7, 11) is 0. The number of carbonyl (C=O) groups is 1. The van der Waals surface area contributed by atoms with Crippen LogP contribution in [0.25, 0.3) is 10.6 Å². The van der Waals surface area contributed by atoms with Gasteiger partial charge in [0.1, 0.15) is 10.7 Å². The zero-order chi connectivity index (χ0) is 22.1. The van der Waals surface area contributed by atoms with Crippen molar-refractivity contribution in [1.82, 2.24) is 14.9 Å². The normalized spacial score (nSPS) is 21.2. The minimum atomic E-state index is -0.179. The van der Waals surface area contributed by atoms with Crippen molar-refractivity contribution >= 4 is 28.6 Å². The van der Waals surface area contributed by atoms with Crippen molar-refractivity contribution in [3.63, 3.8) is 0 Å². The summed E-state index contributed by atoms with van der Waals surface area (Å²) in [5, 5.41) is 5.66. The molecule has 0 aliphatic carbocycles. The summed E-state index contributed by atoms with van der Waals surface area (Å²) in [5.41, 5.74) is 4.55. The third-order valence-electron chi connectivity index (χ3n) is 6.72. The molecule has 4 heterocycles. The molecule has 1 aromatic carbocycles. The zero-order valence-electron chi connectivity index (χ0n) is 18.6. The Hall–Kier alpha value is -2.77. The lowest BCUT2D eigenvalue weighted by Crippen LogP contribution is -2.39. The van der Waals surface area contributed by atoms with Crippen molar-refractivity contribution < 1.29 is 4.79 Å². The van der Waals surface area contributed by atoms with E-state index in [-0.39, 0.29) is 5.91 Å². The largest absolute Gasteiger partial charge is 0.370 e. The molecular weight excluding hydrogens is 418 g/mol. The monoisotopic (exact) mass is 447 g/mol. The van der Waals surface area contributed by atoms with Gasteiger partial charge < -0.3 is 10.2 Å². The molecule has 32 heavy (non-hydrogen) atoms. The molecule has 2 atom stereocenters. The van der Waals surface area contributed by atoms with Crippen molar-refractivity contribution in [2.24, 2.45) is 0 Å². The third-order valence-corrected chi connectivity index (χ3v) is 7.62. The van der Waals surface area contributed by atoms with E-state index in [9.17, 15) is 4.79 Å². The summed E-state index contributed by atoms with van der Waals surface area (Å²) < 4.78 is 0. The number of thiazole rings is 1. The van der Waals surface area contributed by atoms with Crippen LogP contribution in [-0.4, -0.2) is 52.5 Å². The summed E-state index contributed by atoms with van der Waals surface area (Å²) in [6, 6.07) is 11.5. The number of hydrogen-bond donors (Lipinski definition) is 1. The Kier molecular flexibility index (Phi) is 5.93. The maximum Gasteiger partial charge on any atom is 0.275 e. The highest BCUT2D eigenvalue weighted by atomic mass is 32.1. The number of nitrogens with one attached hydrogen (secondary N) is 1. The minimum Gasteiger partial charge on any atom is -0.370 e. The van der Waals surface area contributed by atoms with E-state index in [4.69, 9.17) is 0 Å². The molecule has 6 nitrogen and oxygen atoms in total. The van der Waals surface area contributed by atoms with Crippen LogP contribution in [-0.2, 0) is 0 Å². The molecule has 0 saturated carbocycles. The van der Waals surface area contributed by atoms with Gasteiger partial charge in [-0.15, -0.1) is 11.3 Å². The molecule has 2 aliphatic heterocycles. The van der Waals surface area contributed by atoms with E-state index >= 15 is 0 Å². The van der Waals surface area contributed by atoms with Crippen LogP contribution in [0.15, 0.2) is 48.1 Å². The molecule has 1 amide bonds. The highest BCUT2D eigenvalue weighted by Crippen LogP contribution is 2.30. The Labute approximate surface area is 193 Å². The molecule has 2 unspecified atom stereocenters. The lowest BCUT2D eigenvalue weighted by molar-refractivity contribution is 0.102. The standard InChI is InChI=1S/C25H29N5OS/c1-17-14-20(29-13-9-21(15-29)30-12-3-4-18(30)2)5-6-22(17)27-24(31)23-16-32-25(28-23)19-7-10-26-11-8-19/h5-8,10-11,14,16,18,21H,3-4,9,12-13,15H2,1-2H3,(H,27,31). The minimum absolute atomic E-state index is 0.179. The fraction of sp³-hybridized carbons (Fsp3) is 0.400. The molecule has 0 radical (unpaired) electrons. The van der Waals surface area contributed by atoms with Crippen molar-refractivity contribution in [3.05, 3.63) is 59.4 Å². The highest BCUT2D eigenvalue weighted by Gasteiger charge is 2.33. The van der Waals surface area contributed by atoms with E-state index in [2.05, 4.69) is 51.1 Å². The van der Waals surface area contributed by atoms with Gasteiger partial charge in [0.05, 0.1) is 0 Å². The summed E-state index contributed by atoms with van der Waals surface area (Å²) in [6.45, 7) is 7.84. The van der Waals surface area contributed by atoms with Crippen molar-refractivity contribution in [1.29, 1.82) is 0 Å². The first-order valence-electron chi connectivity index (χ1n) is 11.4. The molecule has 1 N–H and O–H groups in total. The summed E-state index contributed by atoms with van der Waals surface area (Å²) in [5.74, 6) is -0.179. The van der Waals surface area contributed by atoms with Gasteiger partial charge in [-0.25, -0.2) is 4.98 Å². The molecular formula is C25H29N5OS. The van der Waals surface area contributed by atoms with Crippen LogP contribution in [0, 0.1) is 6.92 Å². The number of pyridine rings is 1. The Morgan fingerprint density at radius 3 is 2.75 bits per heavy atom. The average molecular weight is 448 g/mol. The molecule has 2 aromatic heterocycles. The van der Waals surface area contributed by atoms with E-state index in [1.54, 1.807) is 17.8 Å². The van der Waals surface area contributed by atoms with Crippen LogP contribution in [0.1, 0.15) is 42.2 Å². The van der Waals surface area contributed by atoms with Crippen LogP contribution in [0.3, 0.4) is 0 Å². The molecule has 2 saturated heterocycles. The Bertz CT molecular complexity index is 1100. The molecule has 3 aromatic rings. The Morgan fingerprint density at radius 1 is 1.16 bits per heavy atom. The first-order valence-corrected chi connectivity index (χ1v) is 12.2. The fourth-order valence-electron chi connectivity index (χ4n) is 4.92. The average Bonchev–Trinajstić information content (AvgIpc) is 3.56. The van der Waals surface area contributed by atoms with Crippen LogP contribution in [0.5, 0.6) is 0 Å². The molecule has 7 heteroatoms. The van der Waals surface area contributed by atoms with Gasteiger partial charge in [-0.05, 0) is 75.5 Å². The molecule has 2 aliphatic rings. The second-order valence-electron chi connectivity index (χ2n) is 8.84. The van der Waals surface area contributed by atoms with E-state index < -0.39 is 0 Å². The van der Waals surface area contributed by atoms with E-state index in [0.717, 1.165) is 34.9 Å². The summed E-state index contributed by atoms with van der Waals surface area (Å²) in [6.07, 6.45) is 7.35. The van der Waals surface area contributed by atoms with Gasteiger partial charge in [-0.2, -0.15) is 0 Å². The summed E-state index contributed by atoms with van der Waals surface area (Å²) in [4.78, 5) is 26.5. The van der Waals surface area contributed by atoms with Crippen molar-refractivity contribution in [2.45, 2.75) is 45.2 Å². The molecule has 5 rings (SSSR count). The van der Waals surface area contributed by atoms with Gasteiger partial charge in [0, 0.05) is 59.9 Å². The number of hydrogen-bond acceptors (Lipinski definition) is 6. The van der Waals surface area contributed by atoms with Crippen LogP contribution < -0.4 is 10.2 Å². The highest BCUT2D eigenvalue weighted by molar-refractivity contribution is 7.13. The van der Waals surface area contributed by atoms with Gasteiger partial charge in [0.25, 0.3) is 5.91 Å². The maximum atomic E-state index is 12.8. The van der Waals surface area contributed by atoms with E-state index in [0.29, 0.717) is 17.8 Å². The number of aryl methyl sites for hydroxylation is 1. The number of anilines is 2. The van der Waals surface area contributed by atoms with Gasteiger partial charge in [-0.1, -0.05) is 0 Å². The number of aromatic nitrogens is 2. The smallest absolute Gasteiger partial charge is 0.275 e. The van der Waals surface area contributed by atoms with E-state index in [1.807, 2.05) is 18.2 Å². The van der Waals surface area contributed by atoms with Gasteiger partial charge in [0.2, 0.25) is 0 Å². The number of rotatable bonds is 5. The number of benzene rings is 1. The second kappa shape index (κ2) is 9.00. The number of carbonyl (C=O) groups excluding carboxylic acids is 1. The van der Waals surface area contributed by atoms with Crippen LogP contribution in [0.4, 0.5) is 11.4 Å². The summed E-state index contributed by atoms with van der Waals surface area (Å²) >= 11 is 1.47. The van der Waals surface area contributed by atoms with Gasteiger partial charge in [0.15, 0.2) is 0 Å². The number of amides is 1.